The van der Waals surface area contributed by atoms with E-state index in [0.29, 0.717) is 11.1 Å². The number of ether oxygens (including phenoxy) is 1. The molecule has 0 saturated heterocycles. The molecule has 3 aromatic rings. The smallest absolute Gasteiger partial charge is 0.408 e. The van der Waals surface area contributed by atoms with Crippen molar-refractivity contribution < 1.29 is 18.9 Å². The number of nitrogens with one attached hydrogen (secondary N) is 1. The van der Waals surface area contributed by atoms with Crippen molar-refractivity contribution in [2.45, 2.75) is 39.0 Å². The number of benzene rings is 3. The van der Waals surface area contributed by atoms with Crippen LogP contribution in [0.5, 0.6) is 0 Å². The van der Waals surface area contributed by atoms with Gasteiger partial charge in [0, 0.05) is 17.7 Å². The second kappa shape index (κ2) is 11.7. The number of nitrogens with zero attached hydrogens (tertiary/aromatic N) is 1. The fourth-order valence-corrected chi connectivity index (χ4v) is 8.79. The molecule has 186 valence electrons. The van der Waals surface area contributed by atoms with Crippen LogP contribution in [0.4, 0.5) is 10.5 Å². The lowest BCUT2D eigenvalue weighted by Crippen LogP contribution is -2.66. The summed E-state index contributed by atoms with van der Waals surface area (Å²) >= 11 is 0. The van der Waals surface area contributed by atoms with Gasteiger partial charge in [-0.15, -0.1) is 6.42 Å². The van der Waals surface area contributed by atoms with Crippen LogP contribution in [0.2, 0.25) is 5.04 Å². The monoisotopic (exact) mass is 502 g/mol. The first-order valence-corrected chi connectivity index (χ1v) is 13.4. The molecule has 3 aromatic carbocycles. The first kappa shape index (κ1) is 26.7. The van der Waals surface area contributed by atoms with Crippen molar-refractivity contribution in [3.05, 3.63) is 100 Å². The highest BCUT2D eigenvalue weighted by Crippen LogP contribution is 2.37. The van der Waals surface area contributed by atoms with Crippen LogP contribution in [0.15, 0.2) is 78.9 Å². The molecule has 0 spiro atoms. The van der Waals surface area contributed by atoms with Gasteiger partial charge in [0.05, 0.1) is 18.1 Å². The molecular formula is C28H30N2O5Si. The Morgan fingerprint density at radius 2 is 1.56 bits per heavy atom. The van der Waals surface area contributed by atoms with Crippen LogP contribution >= 0.6 is 0 Å². The Morgan fingerprint density at radius 3 is 2.06 bits per heavy atom. The van der Waals surface area contributed by atoms with Gasteiger partial charge >= 0.3 is 6.09 Å². The summed E-state index contributed by atoms with van der Waals surface area (Å²) in [6.45, 7) is 6.59. The number of non-ortho nitro benzene ring substituents is 1. The van der Waals surface area contributed by atoms with E-state index >= 15 is 0 Å². The van der Waals surface area contributed by atoms with Gasteiger partial charge in [0.1, 0.15) is 6.61 Å². The van der Waals surface area contributed by atoms with Crippen LogP contribution in [0.25, 0.3) is 0 Å². The van der Waals surface area contributed by atoms with Gasteiger partial charge in [0.2, 0.25) is 0 Å². The molecule has 36 heavy (non-hydrogen) atoms. The predicted molar refractivity (Wildman–Crippen MR) is 143 cm³/mol. The lowest BCUT2D eigenvalue weighted by atomic mass is 10.1. The Morgan fingerprint density at radius 1 is 0.972 bits per heavy atom. The molecule has 3 rings (SSSR count). The molecule has 0 radical (unpaired) electrons. The van der Waals surface area contributed by atoms with Gasteiger partial charge in [-0.25, -0.2) is 4.79 Å². The van der Waals surface area contributed by atoms with Crippen molar-refractivity contribution in [1.82, 2.24) is 5.32 Å². The number of terminal acetylenes is 1. The summed E-state index contributed by atoms with van der Waals surface area (Å²) < 4.78 is 12.2. The Balaban J connectivity index is 2.01. The summed E-state index contributed by atoms with van der Waals surface area (Å²) in [5.74, 6) is 2.30. The van der Waals surface area contributed by atoms with Gasteiger partial charge in [0.15, 0.2) is 0 Å². The van der Waals surface area contributed by atoms with Crippen LogP contribution in [-0.4, -0.2) is 25.9 Å². The normalized spacial score (nSPS) is 11.4. The summed E-state index contributed by atoms with van der Waals surface area (Å²) in [6, 6.07) is 24.9. The Bertz CT molecular complexity index is 1190. The summed E-state index contributed by atoms with van der Waals surface area (Å²) in [7, 11) is -2.83. The van der Waals surface area contributed by atoms with Crippen molar-refractivity contribution in [3.8, 4) is 12.3 Å². The summed E-state index contributed by atoms with van der Waals surface area (Å²) in [4.78, 5) is 22.9. The molecular weight excluding hydrogens is 472 g/mol. The molecule has 0 saturated carbocycles. The fourth-order valence-electron chi connectivity index (χ4n) is 4.27. The van der Waals surface area contributed by atoms with Crippen LogP contribution < -0.4 is 15.7 Å². The first-order valence-electron chi connectivity index (χ1n) is 11.5. The molecule has 0 fully saturated rings. The number of hydrogen-bond acceptors (Lipinski definition) is 5. The zero-order valence-corrected chi connectivity index (χ0v) is 21.7. The second-order valence-corrected chi connectivity index (χ2v) is 13.6. The molecule has 0 aromatic heterocycles. The Hall–Kier alpha value is -3.93. The van der Waals surface area contributed by atoms with Gasteiger partial charge < -0.3 is 14.5 Å². The summed E-state index contributed by atoms with van der Waals surface area (Å²) in [6.07, 6.45) is 4.47. The average Bonchev–Trinajstić information content (AvgIpc) is 2.87. The number of nitro benzene ring substituents is 1. The highest BCUT2D eigenvalue weighted by atomic mass is 28.4. The number of nitro groups is 1. The second-order valence-electron chi connectivity index (χ2n) is 9.30. The number of carbonyl (C=O) groups excluding carboxylic acids is 1. The van der Waals surface area contributed by atoms with E-state index in [0.717, 1.165) is 10.4 Å². The van der Waals surface area contributed by atoms with E-state index < -0.39 is 19.3 Å². The third-order valence-electron chi connectivity index (χ3n) is 5.96. The summed E-state index contributed by atoms with van der Waals surface area (Å²) in [5, 5.41) is 15.8. The number of carbonyl (C=O) groups is 1. The van der Waals surface area contributed by atoms with Crippen LogP contribution in [-0.2, 0) is 22.4 Å². The molecule has 0 atom stereocenters. The van der Waals surface area contributed by atoms with E-state index in [-0.39, 0.29) is 30.5 Å². The molecule has 1 amide bonds. The highest BCUT2D eigenvalue weighted by Gasteiger charge is 2.50. The van der Waals surface area contributed by atoms with Crippen LogP contribution in [0.1, 0.15) is 31.9 Å². The Labute approximate surface area is 212 Å². The zero-order valence-electron chi connectivity index (χ0n) is 20.7. The van der Waals surface area contributed by atoms with Gasteiger partial charge in [-0.1, -0.05) is 87.4 Å². The number of rotatable bonds is 9. The molecule has 0 aliphatic carbocycles. The third-order valence-corrected chi connectivity index (χ3v) is 10.9. The minimum atomic E-state index is -2.83. The average molecular weight is 503 g/mol. The van der Waals surface area contributed by atoms with Crippen molar-refractivity contribution in [3.63, 3.8) is 0 Å². The molecule has 0 unspecified atom stereocenters. The molecule has 0 aliphatic heterocycles. The molecule has 8 heteroatoms. The number of amides is 1. The van der Waals surface area contributed by atoms with Gasteiger partial charge in [0.25, 0.3) is 14.0 Å². The maximum absolute atomic E-state index is 11.9. The lowest BCUT2D eigenvalue weighted by molar-refractivity contribution is -0.385. The van der Waals surface area contributed by atoms with Gasteiger partial charge in [-0.2, -0.15) is 0 Å². The maximum Gasteiger partial charge on any atom is 0.408 e. The van der Waals surface area contributed by atoms with E-state index in [9.17, 15) is 14.9 Å². The molecule has 0 bridgehead atoms. The summed E-state index contributed by atoms with van der Waals surface area (Å²) in [5.41, 5.74) is 1.11. The van der Waals surface area contributed by atoms with Crippen LogP contribution in [0.3, 0.4) is 0 Å². The van der Waals surface area contributed by atoms with Gasteiger partial charge in [-0.3, -0.25) is 10.1 Å². The first-order chi connectivity index (χ1) is 17.2. The predicted octanol–water partition coefficient (Wildman–Crippen LogP) is 4.53. The zero-order chi connectivity index (χ0) is 26.2. The maximum atomic E-state index is 11.9. The molecule has 0 aliphatic rings. The molecule has 7 nitrogen and oxygen atoms in total. The van der Waals surface area contributed by atoms with Crippen molar-refractivity contribution in [2.24, 2.45) is 0 Å². The molecule has 0 heterocycles. The topological polar surface area (TPSA) is 90.7 Å². The number of hydrogen-bond donors (Lipinski definition) is 1. The van der Waals surface area contributed by atoms with E-state index in [4.69, 9.17) is 15.6 Å². The lowest BCUT2D eigenvalue weighted by Gasteiger charge is -2.43. The third kappa shape index (κ3) is 6.00. The Kier molecular flexibility index (Phi) is 8.64. The van der Waals surface area contributed by atoms with E-state index in [2.05, 4.69) is 56.3 Å². The largest absolute Gasteiger partial charge is 0.445 e. The SMILES string of the molecule is C#CCNC(=O)OCc1cc([N+](=O)[O-])ccc1CO[Si](c1ccccc1)(c1ccccc1)C(C)(C)C. The van der Waals surface area contributed by atoms with Crippen molar-refractivity contribution in [1.29, 1.82) is 0 Å². The van der Waals surface area contributed by atoms with E-state index in [1.807, 2.05) is 36.4 Å². The minimum absolute atomic E-state index is 0.0254. The molecule has 1 N–H and O–H groups in total. The highest BCUT2D eigenvalue weighted by molar-refractivity contribution is 6.99. The fraction of sp³-hybridized carbons (Fsp3) is 0.250. The van der Waals surface area contributed by atoms with Crippen molar-refractivity contribution >= 4 is 30.5 Å². The van der Waals surface area contributed by atoms with Crippen LogP contribution in [0, 0.1) is 22.5 Å². The van der Waals surface area contributed by atoms with Crippen molar-refractivity contribution in [2.75, 3.05) is 6.54 Å². The standard InChI is InChI=1S/C28H30N2O5Si/c1-5-18-29-27(31)34-20-23-19-24(30(32)33)17-16-22(23)21-35-36(28(2,3)4,25-12-8-6-9-13-25)26-14-10-7-11-15-26/h1,6-17,19H,18,20-21H2,2-4H3,(H,29,31). The van der Waals surface area contributed by atoms with Gasteiger partial charge in [-0.05, 0) is 27.0 Å². The van der Waals surface area contributed by atoms with E-state index in [1.54, 1.807) is 6.07 Å². The minimum Gasteiger partial charge on any atom is -0.445 e. The number of alkyl carbamates (subject to hydrolysis) is 1. The van der Waals surface area contributed by atoms with E-state index in [1.165, 1.54) is 12.1 Å². The quantitative estimate of drug-likeness (QED) is 0.201.